The minimum absolute atomic E-state index is 0.0464. The SMILES string of the molecule is CC(=O)c1ccc(OCCCOc2ccc(C)c(NC(=O)c3nnn[nH]3)c2)c(CCC(F)(F)F)c1O. The van der Waals surface area contributed by atoms with E-state index in [1.54, 1.807) is 25.1 Å². The maximum Gasteiger partial charge on any atom is 0.389 e. The van der Waals surface area contributed by atoms with Gasteiger partial charge in [0.1, 0.15) is 17.2 Å². The van der Waals surface area contributed by atoms with E-state index >= 15 is 0 Å². The van der Waals surface area contributed by atoms with E-state index in [1.807, 2.05) is 0 Å². The number of ether oxygens (including phenoxy) is 2. The van der Waals surface area contributed by atoms with Gasteiger partial charge in [-0.3, -0.25) is 9.59 Å². The molecular weight excluding hydrogens is 483 g/mol. The number of nitrogens with zero attached hydrogens (tertiary/aromatic N) is 3. The molecule has 0 aliphatic heterocycles. The Hall–Kier alpha value is -4.16. The van der Waals surface area contributed by atoms with E-state index in [2.05, 4.69) is 25.9 Å². The van der Waals surface area contributed by atoms with Crippen LogP contribution in [0.5, 0.6) is 17.2 Å². The summed E-state index contributed by atoms with van der Waals surface area (Å²) in [5.74, 6) is -0.989. The van der Waals surface area contributed by atoms with Gasteiger partial charge in [0.05, 0.1) is 18.8 Å². The van der Waals surface area contributed by atoms with Crippen LogP contribution in [0.25, 0.3) is 0 Å². The van der Waals surface area contributed by atoms with Crippen LogP contribution in [0.1, 0.15) is 51.9 Å². The molecule has 3 rings (SSSR count). The maximum atomic E-state index is 12.7. The summed E-state index contributed by atoms with van der Waals surface area (Å²) < 4.78 is 49.5. The number of aromatic hydroxyl groups is 1. The summed E-state index contributed by atoms with van der Waals surface area (Å²) in [5, 5.41) is 25.6. The summed E-state index contributed by atoms with van der Waals surface area (Å²) in [5.41, 5.74) is 1.15. The third kappa shape index (κ3) is 7.17. The number of tetrazole rings is 1. The zero-order valence-electron chi connectivity index (χ0n) is 19.5. The molecule has 0 aliphatic rings. The number of rotatable bonds is 11. The monoisotopic (exact) mass is 507 g/mol. The lowest BCUT2D eigenvalue weighted by atomic mass is 10.0. The zero-order chi connectivity index (χ0) is 26.3. The van der Waals surface area contributed by atoms with E-state index in [-0.39, 0.29) is 35.9 Å². The molecule has 1 heterocycles. The van der Waals surface area contributed by atoms with Gasteiger partial charge in [-0.15, -0.1) is 5.10 Å². The Morgan fingerprint density at radius 3 is 2.56 bits per heavy atom. The number of carbonyl (C=O) groups is 2. The lowest BCUT2D eigenvalue weighted by Crippen LogP contribution is -2.15. The van der Waals surface area contributed by atoms with Crippen LogP contribution in [0.4, 0.5) is 18.9 Å². The Morgan fingerprint density at radius 2 is 1.89 bits per heavy atom. The molecule has 1 aromatic heterocycles. The van der Waals surface area contributed by atoms with E-state index in [0.717, 1.165) is 5.56 Å². The number of ketones is 1. The minimum Gasteiger partial charge on any atom is -0.507 e. The number of Topliss-reactive ketones (excluding diaryl/α,β-unsaturated/α-hetero) is 1. The highest BCUT2D eigenvalue weighted by atomic mass is 19.4. The van der Waals surface area contributed by atoms with Crippen LogP contribution in [0, 0.1) is 6.92 Å². The molecule has 2 aromatic carbocycles. The fraction of sp³-hybridized carbons (Fsp3) is 0.348. The average molecular weight is 507 g/mol. The van der Waals surface area contributed by atoms with Crippen molar-refractivity contribution < 1.29 is 37.3 Å². The molecule has 192 valence electrons. The molecule has 3 N–H and O–H groups in total. The van der Waals surface area contributed by atoms with E-state index in [1.165, 1.54) is 19.1 Å². The minimum atomic E-state index is -4.43. The number of hydrogen-bond donors (Lipinski definition) is 3. The first-order chi connectivity index (χ1) is 17.0. The lowest BCUT2D eigenvalue weighted by molar-refractivity contribution is -0.134. The third-order valence-corrected chi connectivity index (χ3v) is 5.11. The van der Waals surface area contributed by atoms with Crippen molar-refractivity contribution in [1.29, 1.82) is 0 Å². The number of alkyl halides is 3. The summed E-state index contributed by atoms with van der Waals surface area (Å²) in [6, 6.07) is 7.80. The van der Waals surface area contributed by atoms with Gasteiger partial charge in [0.25, 0.3) is 5.91 Å². The van der Waals surface area contributed by atoms with Crippen LogP contribution in [-0.2, 0) is 6.42 Å². The first kappa shape index (κ1) is 26.4. The predicted octanol–water partition coefficient (Wildman–Crippen LogP) is 4.01. The van der Waals surface area contributed by atoms with Gasteiger partial charge in [-0.05, 0) is 54.5 Å². The molecule has 10 nitrogen and oxygen atoms in total. The van der Waals surface area contributed by atoms with E-state index in [0.29, 0.717) is 17.9 Å². The van der Waals surface area contributed by atoms with Crippen molar-refractivity contribution in [2.24, 2.45) is 0 Å². The second-order valence-corrected chi connectivity index (χ2v) is 7.84. The molecule has 1 amide bonds. The Bertz CT molecular complexity index is 1220. The van der Waals surface area contributed by atoms with Gasteiger partial charge in [0, 0.05) is 30.2 Å². The van der Waals surface area contributed by atoms with Gasteiger partial charge < -0.3 is 19.9 Å². The van der Waals surface area contributed by atoms with Crippen LogP contribution >= 0.6 is 0 Å². The van der Waals surface area contributed by atoms with Crippen molar-refractivity contribution in [3.8, 4) is 17.2 Å². The fourth-order valence-corrected chi connectivity index (χ4v) is 3.24. The number of aromatic nitrogens is 4. The van der Waals surface area contributed by atoms with Gasteiger partial charge in [0.15, 0.2) is 5.78 Å². The number of phenolic OH excluding ortho intramolecular Hbond substituents is 1. The number of carbonyl (C=O) groups excluding carboxylic acids is 2. The first-order valence-corrected chi connectivity index (χ1v) is 10.9. The molecule has 13 heteroatoms. The third-order valence-electron chi connectivity index (χ3n) is 5.11. The van der Waals surface area contributed by atoms with E-state index < -0.39 is 36.5 Å². The van der Waals surface area contributed by atoms with Crippen molar-refractivity contribution in [3.63, 3.8) is 0 Å². The van der Waals surface area contributed by atoms with Crippen molar-refractivity contribution in [2.75, 3.05) is 18.5 Å². The number of hydrogen-bond acceptors (Lipinski definition) is 8. The molecule has 0 aliphatic carbocycles. The summed E-state index contributed by atoms with van der Waals surface area (Å²) >= 11 is 0. The molecule has 0 bridgehead atoms. The quantitative estimate of drug-likeness (QED) is 0.261. The molecule has 0 spiro atoms. The topological polar surface area (TPSA) is 139 Å². The highest BCUT2D eigenvalue weighted by Crippen LogP contribution is 2.35. The lowest BCUT2D eigenvalue weighted by Gasteiger charge is -2.16. The average Bonchev–Trinajstić information content (AvgIpc) is 3.34. The molecule has 3 aromatic rings. The predicted molar refractivity (Wildman–Crippen MR) is 121 cm³/mol. The molecule has 36 heavy (non-hydrogen) atoms. The normalized spacial score (nSPS) is 11.2. The Labute approximate surface area is 203 Å². The second kappa shape index (κ2) is 11.5. The van der Waals surface area contributed by atoms with Gasteiger partial charge in [-0.1, -0.05) is 6.07 Å². The van der Waals surface area contributed by atoms with Crippen LogP contribution in [-0.4, -0.2) is 56.8 Å². The molecule has 0 radical (unpaired) electrons. The first-order valence-electron chi connectivity index (χ1n) is 10.9. The molecule has 0 atom stereocenters. The van der Waals surface area contributed by atoms with Crippen molar-refractivity contribution in [2.45, 2.75) is 39.3 Å². The second-order valence-electron chi connectivity index (χ2n) is 7.84. The van der Waals surface area contributed by atoms with Gasteiger partial charge in [0.2, 0.25) is 5.82 Å². The molecule has 0 fully saturated rings. The number of benzene rings is 2. The Balaban J connectivity index is 1.57. The molecule has 0 saturated carbocycles. The van der Waals surface area contributed by atoms with Gasteiger partial charge in [-0.2, -0.15) is 13.2 Å². The number of nitrogens with one attached hydrogen (secondary N) is 2. The number of aryl methyl sites for hydroxylation is 1. The van der Waals surface area contributed by atoms with Gasteiger partial charge >= 0.3 is 6.18 Å². The van der Waals surface area contributed by atoms with Crippen LogP contribution in [0.3, 0.4) is 0 Å². The number of anilines is 1. The van der Waals surface area contributed by atoms with E-state index in [4.69, 9.17) is 9.47 Å². The van der Waals surface area contributed by atoms with Crippen LogP contribution < -0.4 is 14.8 Å². The number of phenols is 1. The van der Waals surface area contributed by atoms with Crippen molar-refractivity contribution in [3.05, 3.63) is 52.8 Å². The number of amides is 1. The number of H-pyrrole nitrogens is 1. The Morgan fingerprint density at radius 1 is 1.14 bits per heavy atom. The summed E-state index contributed by atoms with van der Waals surface area (Å²) in [4.78, 5) is 23.8. The smallest absolute Gasteiger partial charge is 0.389 e. The number of aromatic amines is 1. The summed E-state index contributed by atoms with van der Waals surface area (Å²) in [6.45, 7) is 3.31. The largest absolute Gasteiger partial charge is 0.507 e. The van der Waals surface area contributed by atoms with Gasteiger partial charge in [-0.25, -0.2) is 5.10 Å². The highest BCUT2D eigenvalue weighted by molar-refractivity contribution is 6.01. The molecular formula is C23H24F3N5O5. The van der Waals surface area contributed by atoms with E-state index in [9.17, 15) is 27.9 Å². The molecule has 0 saturated heterocycles. The van der Waals surface area contributed by atoms with Crippen molar-refractivity contribution in [1.82, 2.24) is 20.6 Å². The number of halogens is 3. The Kier molecular flexibility index (Phi) is 8.46. The summed E-state index contributed by atoms with van der Waals surface area (Å²) in [7, 11) is 0. The highest BCUT2D eigenvalue weighted by Gasteiger charge is 2.29. The fourth-order valence-electron chi connectivity index (χ4n) is 3.24. The molecule has 0 unspecified atom stereocenters. The van der Waals surface area contributed by atoms with Crippen LogP contribution in [0.15, 0.2) is 30.3 Å². The van der Waals surface area contributed by atoms with Crippen molar-refractivity contribution >= 4 is 17.4 Å². The summed E-state index contributed by atoms with van der Waals surface area (Å²) in [6.07, 6.45) is -5.75. The zero-order valence-corrected chi connectivity index (χ0v) is 19.5. The standard InChI is InChI=1S/C23H24F3N5O5/c1-13-4-5-15(12-18(13)27-22(34)21-28-30-31-29-21)35-10-3-11-36-19-7-6-16(14(2)32)20(33)17(19)8-9-23(24,25)26/h4-7,12,33H,3,8-11H2,1-2H3,(H,27,34)(H,28,29,30,31). The van der Waals surface area contributed by atoms with Crippen LogP contribution in [0.2, 0.25) is 0 Å². The maximum absolute atomic E-state index is 12.7.